The lowest BCUT2D eigenvalue weighted by molar-refractivity contribution is -0.197. The van der Waals surface area contributed by atoms with E-state index >= 15 is 0 Å². The van der Waals surface area contributed by atoms with Crippen LogP contribution in [0.5, 0.6) is 0 Å². The van der Waals surface area contributed by atoms with Gasteiger partial charge in [0.1, 0.15) is 0 Å². The van der Waals surface area contributed by atoms with Crippen molar-refractivity contribution in [2.24, 2.45) is 39.9 Å². The van der Waals surface area contributed by atoms with Crippen molar-refractivity contribution in [2.75, 3.05) is 0 Å². The molecule has 0 aromatic heterocycles. The first-order valence-corrected chi connectivity index (χ1v) is 11.5. The molecule has 4 saturated carbocycles. The Labute approximate surface area is 156 Å². The SMILES string of the molecule is CCCC[C@H]1CCC2[C@H]3C(CC[C@@]21C)[C@@]1(C)CCCC[C@@]1(C)C[C@H]3O. The van der Waals surface area contributed by atoms with E-state index in [2.05, 4.69) is 27.7 Å². The van der Waals surface area contributed by atoms with Crippen LogP contribution < -0.4 is 0 Å². The quantitative estimate of drug-likeness (QED) is 0.611. The molecule has 0 spiro atoms. The van der Waals surface area contributed by atoms with Gasteiger partial charge in [0, 0.05) is 0 Å². The molecule has 0 amide bonds. The highest BCUT2D eigenvalue weighted by Gasteiger charge is 2.64. The van der Waals surface area contributed by atoms with Crippen LogP contribution in [-0.2, 0) is 0 Å². The maximum absolute atomic E-state index is 11.3. The molecule has 0 saturated heterocycles. The van der Waals surface area contributed by atoms with Crippen molar-refractivity contribution in [1.29, 1.82) is 0 Å². The smallest absolute Gasteiger partial charge is 0.0579 e. The van der Waals surface area contributed by atoms with Crippen LogP contribution in [0.25, 0.3) is 0 Å². The van der Waals surface area contributed by atoms with Crippen molar-refractivity contribution in [3.63, 3.8) is 0 Å². The molecule has 1 N–H and O–H groups in total. The molecule has 4 fully saturated rings. The zero-order chi connectivity index (χ0) is 17.9. The van der Waals surface area contributed by atoms with Gasteiger partial charge in [-0.25, -0.2) is 0 Å². The van der Waals surface area contributed by atoms with Gasteiger partial charge in [-0.05, 0) is 91.3 Å². The normalized spacial score (nSPS) is 55.3. The van der Waals surface area contributed by atoms with Crippen LogP contribution in [-0.4, -0.2) is 11.2 Å². The molecule has 25 heavy (non-hydrogen) atoms. The third kappa shape index (κ3) is 2.50. The van der Waals surface area contributed by atoms with Crippen LogP contribution >= 0.6 is 0 Å². The van der Waals surface area contributed by atoms with E-state index < -0.39 is 0 Å². The van der Waals surface area contributed by atoms with Gasteiger partial charge in [0.25, 0.3) is 0 Å². The molecule has 1 heteroatoms. The van der Waals surface area contributed by atoms with Crippen LogP contribution in [0.4, 0.5) is 0 Å². The van der Waals surface area contributed by atoms with Crippen molar-refractivity contribution in [3.05, 3.63) is 0 Å². The summed E-state index contributed by atoms with van der Waals surface area (Å²) >= 11 is 0. The fourth-order valence-electron chi connectivity index (χ4n) is 8.67. The lowest BCUT2D eigenvalue weighted by atomic mass is 9.40. The van der Waals surface area contributed by atoms with Gasteiger partial charge < -0.3 is 5.11 Å². The Kier molecular flexibility index (Phi) is 4.58. The standard InChI is InChI=1S/C24H42O/c1-5-6-9-17-10-11-18-21-19(12-15-23(17,18)3)24(4)14-8-7-13-22(24,2)16-20(21)25/h17-21,25H,5-16H2,1-4H3/t17-,18?,19?,20+,21-,22-,23+,24+/m0/s1. The molecule has 4 aliphatic carbocycles. The highest BCUT2D eigenvalue weighted by atomic mass is 16.3. The minimum absolute atomic E-state index is 0.0317. The molecule has 0 aliphatic heterocycles. The number of aliphatic hydroxyl groups is 1. The fourth-order valence-corrected chi connectivity index (χ4v) is 8.67. The summed E-state index contributed by atoms with van der Waals surface area (Å²) in [5.41, 5.74) is 1.40. The summed E-state index contributed by atoms with van der Waals surface area (Å²) < 4.78 is 0. The summed E-state index contributed by atoms with van der Waals surface area (Å²) in [5.74, 6) is 3.11. The average molecular weight is 347 g/mol. The van der Waals surface area contributed by atoms with E-state index in [1.165, 1.54) is 70.6 Å². The molecule has 2 unspecified atom stereocenters. The first kappa shape index (κ1) is 18.3. The third-order valence-electron chi connectivity index (χ3n) is 10.4. The van der Waals surface area contributed by atoms with Gasteiger partial charge in [0.2, 0.25) is 0 Å². The predicted molar refractivity (Wildman–Crippen MR) is 105 cm³/mol. The maximum Gasteiger partial charge on any atom is 0.0579 e. The number of rotatable bonds is 3. The summed E-state index contributed by atoms with van der Waals surface area (Å²) in [6.07, 6.45) is 16.5. The van der Waals surface area contributed by atoms with Crippen LogP contribution in [0.3, 0.4) is 0 Å². The minimum Gasteiger partial charge on any atom is -0.393 e. The predicted octanol–water partition coefficient (Wildman–Crippen LogP) is 6.59. The molecular weight excluding hydrogens is 304 g/mol. The summed E-state index contributed by atoms with van der Waals surface area (Å²) in [6.45, 7) is 10.1. The van der Waals surface area contributed by atoms with Crippen LogP contribution in [0.1, 0.15) is 105 Å². The highest BCUT2D eigenvalue weighted by molar-refractivity contribution is 5.13. The molecule has 0 aromatic rings. The number of unbranched alkanes of at least 4 members (excludes halogenated alkanes) is 1. The zero-order valence-corrected chi connectivity index (χ0v) is 17.3. The molecule has 8 atom stereocenters. The fraction of sp³-hybridized carbons (Fsp3) is 1.00. The molecule has 144 valence electrons. The summed E-state index contributed by atoms with van der Waals surface area (Å²) in [5, 5.41) is 11.3. The second-order valence-corrected chi connectivity index (χ2v) is 11.2. The topological polar surface area (TPSA) is 20.2 Å². The third-order valence-corrected chi connectivity index (χ3v) is 10.4. The van der Waals surface area contributed by atoms with Gasteiger partial charge in [-0.3, -0.25) is 0 Å². The number of aliphatic hydroxyl groups excluding tert-OH is 1. The second kappa shape index (κ2) is 6.25. The van der Waals surface area contributed by atoms with E-state index in [9.17, 15) is 5.11 Å². The van der Waals surface area contributed by atoms with E-state index in [-0.39, 0.29) is 6.10 Å². The van der Waals surface area contributed by atoms with Gasteiger partial charge >= 0.3 is 0 Å². The average Bonchev–Trinajstić information content (AvgIpc) is 2.90. The molecule has 0 radical (unpaired) electrons. The van der Waals surface area contributed by atoms with Crippen LogP contribution in [0.2, 0.25) is 0 Å². The second-order valence-electron chi connectivity index (χ2n) is 11.2. The molecule has 4 rings (SSSR count). The molecule has 0 heterocycles. The van der Waals surface area contributed by atoms with Crippen molar-refractivity contribution in [3.8, 4) is 0 Å². The summed E-state index contributed by atoms with van der Waals surface area (Å²) in [6, 6.07) is 0. The molecule has 0 aromatic carbocycles. The van der Waals surface area contributed by atoms with E-state index in [0.29, 0.717) is 22.2 Å². The van der Waals surface area contributed by atoms with Gasteiger partial charge in [-0.1, -0.05) is 53.4 Å². The first-order chi connectivity index (χ1) is 11.9. The van der Waals surface area contributed by atoms with E-state index in [1.807, 2.05) is 0 Å². The van der Waals surface area contributed by atoms with E-state index in [4.69, 9.17) is 0 Å². The number of hydrogen-bond acceptors (Lipinski definition) is 1. The Morgan fingerprint density at radius 3 is 2.44 bits per heavy atom. The zero-order valence-electron chi connectivity index (χ0n) is 17.3. The van der Waals surface area contributed by atoms with Crippen LogP contribution in [0, 0.1) is 39.9 Å². The van der Waals surface area contributed by atoms with Crippen molar-refractivity contribution < 1.29 is 5.11 Å². The number of fused-ring (bicyclic) bond motifs is 5. The Morgan fingerprint density at radius 1 is 0.920 bits per heavy atom. The van der Waals surface area contributed by atoms with E-state index in [0.717, 1.165) is 24.2 Å². The number of hydrogen-bond donors (Lipinski definition) is 1. The largest absolute Gasteiger partial charge is 0.393 e. The lowest BCUT2D eigenvalue weighted by Crippen LogP contribution is -2.61. The molecule has 4 aliphatic rings. The maximum atomic E-state index is 11.3. The monoisotopic (exact) mass is 346 g/mol. The molecule has 1 nitrogen and oxygen atoms in total. The van der Waals surface area contributed by atoms with Crippen molar-refractivity contribution in [1.82, 2.24) is 0 Å². The molecule has 0 bridgehead atoms. The van der Waals surface area contributed by atoms with Crippen molar-refractivity contribution in [2.45, 2.75) is 111 Å². The molecular formula is C24H42O. The Hall–Kier alpha value is -0.0400. The van der Waals surface area contributed by atoms with Gasteiger partial charge in [0.05, 0.1) is 6.10 Å². The Bertz CT molecular complexity index is 500. The first-order valence-electron chi connectivity index (χ1n) is 11.5. The lowest BCUT2D eigenvalue weighted by Gasteiger charge is -2.66. The van der Waals surface area contributed by atoms with Gasteiger partial charge in [0.15, 0.2) is 0 Å². The Morgan fingerprint density at radius 2 is 1.68 bits per heavy atom. The van der Waals surface area contributed by atoms with Crippen LogP contribution in [0.15, 0.2) is 0 Å². The van der Waals surface area contributed by atoms with Gasteiger partial charge in [-0.15, -0.1) is 0 Å². The van der Waals surface area contributed by atoms with Crippen molar-refractivity contribution >= 4 is 0 Å². The van der Waals surface area contributed by atoms with E-state index in [1.54, 1.807) is 0 Å². The van der Waals surface area contributed by atoms with Gasteiger partial charge in [-0.2, -0.15) is 0 Å². The summed E-state index contributed by atoms with van der Waals surface area (Å²) in [7, 11) is 0. The minimum atomic E-state index is -0.0317. The Balaban J connectivity index is 1.63. The summed E-state index contributed by atoms with van der Waals surface area (Å²) in [4.78, 5) is 0. The highest BCUT2D eigenvalue weighted by Crippen LogP contribution is 2.70.